The minimum absolute atomic E-state index is 0.0689. The first-order valence-electron chi connectivity index (χ1n) is 3.52. The summed E-state index contributed by atoms with van der Waals surface area (Å²) in [6.45, 7) is 0. The van der Waals surface area contributed by atoms with E-state index < -0.39 is 29.9 Å². The number of aliphatic carboxylic acids is 1. The molecular weight excluding hydrogens is 164 g/mol. The number of carboxylic acids is 1. The van der Waals surface area contributed by atoms with Crippen LogP contribution in [0.5, 0.6) is 0 Å². The van der Waals surface area contributed by atoms with Crippen LogP contribution >= 0.6 is 0 Å². The van der Waals surface area contributed by atoms with E-state index in [9.17, 15) is 4.79 Å². The molecule has 0 aliphatic heterocycles. The van der Waals surface area contributed by atoms with Crippen LogP contribution < -0.4 is 0 Å². The van der Waals surface area contributed by atoms with E-state index in [4.69, 9.17) is 20.4 Å². The van der Waals surface area contributed by atoms with Crippen molar-refractivity contribution >= 4 is 5.97 Å². The highest BCUT2D eigenvalue weighted by Crippen LogP contribution is 2.22. The van der Waals surface area contributed by atoms with Gasteiger partial charge < -0.3 is 20.4 Å². The Bertz CT molecular complexity index is 222. The third-order valence-electron chi connectivity index (χ3n) is 1.85. The molecule has 0 radical (unpaired) electrons. The maximum atomic E-state index is 10.4. The summed E-state index contributed by atoms with van der Waals surface area (Å²) < 4.78 is 0. The van der Waals surface area contributed by atoms with Crippen molar-refractivity contribution in [2.45, 2.75) is 18.6 Å². The second kappa shape index (κ2) is 3.12. The van der Waals surface area contributed by atoms with Gasteiger partial charge in [0.1, 0.15) is 11.9 Å². The van der Waals surface area contributed by atoms with E-state index in [1.165, 1.54) is 0 Å². The van der Waals surface area contributed by atoms with Gasteiger partial charge in [0.25, 0.3) is 0 Å². The van der Waals surface area contributed by atoms with Gasteiger partial charge in [0.15, 0.2) is 0 Å². The van der Waals surface area contributed by atoms with Gasteiger partial charge in [-0.25, -0.2) is 0 Å². The van der Waals surface area contributed by atoms with Gasteiger partial charge >= 0.3 is 5.97 Å². The van der Waals surface area contributed by atoms with Gasteiger partial charge in [0.2, 0.25) is 0 Å². The monoisotopic (exact) mass is 174 g/mol. The van der Waals surface area contributed by atoms with Crippen molar-refractivity contribution in [3.05, 3.63) is 11.8 Å². The van der Waals surface area contributed by atoms with Crippen molar-refractivity contribution in [2.24, 2.45) is 5.92 Å². The zero-order chi connectivity index (χ0) is 9.30. The van der Waals surface area contributed by atoms with Crippen molar-refractivity contribution in [3.8, 4) is 0 Å². The number of aliphatic hydroxyl groups is 3. The highest BCUT2D eigenvalue weighted by atomic mass is 16.4. The zero-order valence-corrected chi connectivity index (χ0v) is 6.21. The van der Waals surface area contributed by atoms with Gasteiger partial charge in [-0.1, -0.05) is 0 Å². The quantitative estimate of drug-likeness (QED) is 0.419. The lowest BCUT2D eigenvalue weighted by Crippen LogP contribution is -2.36. The van der Waals surface area contributed by atoms with Crippen LogP contribution in [0.15, 0.2) is 11.8 Å². The molecule has 0 amide bonds. The lowest BCUT2D eigenvalue weighted by atomic mass is 9.91. The molecule has 0 spiro atoms. The number of carbonyl (C=O) groups is 1. The Morgan fingerprint density at radius 2 is 2.08 bits per heavy atom. The third-order valence-corrected chi connectivity index (χ3v) is 1.85. The van der Waals surface area contributed by atoms with Crippen molar-refractivity contribution < 1.29 is 25.2 Å². The Labute approximate surface area is 68.6 Å². The van der Waals surface area contributed by atoms with Crippen LogP contribution in [0.4, 0.5) is 0 Å². The van der Waals surface area contributed by atoms with Gasteiger partial charge in [-0.15, -0.1) is 0 Å². The molecule has 0 aromatic rings. The van der Waals surface area contributed by atoms with E-state index in [0.29, 0.717) is 0 Å². The molecule has 5 heteroatoms. The highest BCUT2D eigenvalue weighted by Gasteiger charge is 2.32. The standard InChI is InChI=1S/C7H10O5/c8-4-1-3(7(11)12)2-5(9)6(4)10/h1,3,5-6,8-10H,2H2,(H,11,12). The molecule has 1 aliphatic rings. The first-order valence-corrected chi connectivity index (χ1v) is 3.52. The number of rotatable bonds is 1. The molecule has 1 rings (SSSR count). The van der Waals surface area contributed by atoms with Gasteiger partial charge in [0, 0.05) is 0 Å². The molecular formula is C7H10O5. The van der Waals surface area contributed by atoms with Gasteiger partial charge in [-0.2, -0.15) is 0 Å². The van der Waals surface area contributed by atoms with Gasteiger partial charge in [-0.3, -0.25) is 4.79 Å². The van der Waals surface area contributed by atoms with Crippen molar-refractivity contribution in [2.75, 3.05) is 0 Å². The lowest BCUT2D eigenvalue weighted by Gasteiger charge is -2.24. The normalized spacial score (nSPS) is 35.8. The van der Waals surface area contributed by atoms with E-state index in [1.807, 2.05) is 0 Å². The minimum Gasteiger partial charge on any atom is -0.510 e. The molecule has 0 bridgehead atoms. The topological polar surface area (TPSA) is 98.0 Å². The van der Waals surface area contributed by atoms with Crippen LogP contribution in [0.2, 0.25) is 0 Å². The molecule has 0 heterocycles. The predicted molar refractivity (Wildman–Crippen MR) is 38.5 cm³/mol. The molecule has 4 N–H and O–H groups in total. The number of carboxylic acid groups (broad SMARTS) is 1. The number of hydrogen-bond acceptors (Lipinski definition) is 4. The SMILES string of the molecule is O=C(O)C1C=C(O)C(O)C(O)C1. The van der Waals surface area contributed by atoms with E-state index in [2.05, 4.69) is 0 Å². The summed E-state index contributed by atoms with van der Waals surface area (Å²) in [5.41, 5.74) is 0. The summed E-state index contributed by atoms with van der Waals surface area (Å²) in [5.74, 6) is -2.50. The van der Waals surface area contributed by atoms with Crippen molar-refractivity contribution in [3.63, 3.8) is 0 Å². The Hall–Kier alpha value is -1.07. The van der Waals surface area contributed by atoms with Crippen LogP contribution in [-0.2, 0) is 4.79 Å². The number of hydrogen-bond donors (Lipinski definition) is 4. The lowest BCUT2D eigenvalue weighted by molar-refractivity contribution is -0.142. The van der Waals surface area contributed by atoms with Crippen LogP contribution in [0.1, 0.15) is 6.42 Å². The summed E-state index contributed by atoms with van der Waals surface area (Å²) in [4.78, 5) is 10.4. The molecule has 3 atom stereocenters. The molecule has 1 aliphatic carbocycles. The van der Waals surface area contributed by atoms with Crippen LogP contribution in [-0.4, -0.2) is 38.6 Å². The second-order valence-electron chi connectivity index (χ2n) is 2.78. The maximum absolute atomic E-state index is 10.4. The fourth-order valence-corrected chi connectivity index (χ4v) is 1.13. The predicted octanol–water partition coefficient (Wildman–Crippen LogP) is -0.745. The average molecular weight is 174 g/mol. The first kappa shape index (κ1) is 9.02. The third kappa shape index (κ3) is 1.57. The van der Waals surface area contributed by atoms with Crippen LogP contribution in [0.3, 0.4) is 0 Å². The fourth-order valence-electron chi connectivity index (χ4n) is 1.13. The molecule has 0 saturated carbocycles. The van der Waals surface area contributed by atoms with Crippen molar-refractivity contribution in [1.29, 1.82) is 0 Å². The molecule has 5 nitrogen and oxygen atoms in total. The van der Waals surface area contributed by atoms with E-state index in [0.717, 1.165) is 6.08 Å². The van der Waals surface area contributed by atoms with Gasteiger partial charge in [0.05, 0.1) is 12.0 Å². The molecule has 3 unspecified atom stereocenters. The Kier molecular flexibility index (Phi) is 2.35. The van der Waals surface area contributed by atoms with E-state index >= 15 is 0 Å². The van der Waals surface area contributed by atoms with E-state index in [-0.39, 0.29) is 6.42 Å². The fraction of sp³-hybridized carbons (Fsp3) is 0.571. The molecule has 68 valence electrons. The number of aliphatic hydroxyl groups excluding tert-OH is 3. The summed E-state index contributed by atoms with van der Waals surface area (Å²) >= 11 is 0. The van der Waals surface area contributed by atoms with E-state index in [1.54, 1.807) is 0 Å². The minimum atomic E-state index is -1.35. The van der Waals surface area contributed by atoms with Crippen molar-refractivity contribution in [1.82, 2.24) is 0 Å². The summed E-state index contributed by atoms with van der Waals surface area (Å²) in [5, 5.41) is 35.5. The summed E-state index contributed by atoms with van der Waals surface area (Å²) in [7, 11) is 0. The maximum Gasteiger partial charge on any atom is 0.310 e. The second-order valence-corrected chi connectivity index (χ2v) is 2.78. The summed E-state index contributed by atoms with van der Waals surface area (Å²) in [6, 6.07) is 0. The Morgan fingerprint density at radius 3 is 2.50 bits per heavy atom. The molecule has 12 heavy (non-hydrogen) atoms. The zero-order valence-electron chi connectivity index (χ0n) is 6.21. The average Bonchev–Trinajstić information content (AvgIpc) is 1.99. The molecule has 0 fully saturated rings. The van der Waals surface area contributed by atoms with Crippen LogP contribution in [0.25, 0.3) is 0 Å². The smallest absolute Gasteiger partial charge is 0.310 e. The molecule has 0 aromatic heterocycles. The molecule has 0 aromatic carbocycles. The van der Waals surface area contributed by atoms with Gasteiger partial charge in [-0.05, 0) is 12.5 Å². The molecule has 0 saturated heterocycles. The highest BCUT2D eigenvalue weighted by molar-refractivity contribution is 5.72. The first-order chi connectivity index (χ1) is 5.52. The van der Waals surface area contributed by atoms with Crippen LogP contribution in [0, 0.1) is 5.92 Å². The summed E-state index contributed by atoms with van der Waals surface area (Å²) in [6.07, 6.45) is -1.57. The Morgan fingerprint density at radius 1 is 1.50 bits per heavy atom. The largest absolute Gasteiger partial charge is 0.510 e. The Balaban J connectivity index is 2.80.